The molecular weight excluding hydrogens is 316 g/mol. The molecule has 1 aromatic carbocycles. The fourth-order valence-corrected chi connectivity index (χ4v) is 3.18. The zero-order chi connectivity index (χ0) is 18.4. The van der Waals surface area contributed by atoms with Gasteiger partial charge in [0.1, 0.15) is 5.60 Å². The summed E-state index contributed by atoms with van der Waals surface area (Å²) in [7, 11) is 0. The minimum Gasteiger partial charge on any atom is -0.384 e. The molecular formula is C20H30N2O3. The molecule has 138 valence electrons. The summed E-state index contributed by atoms with van der Waals surface area (Å²) in [6.45, 7) is 7.00. The van der Waals surface area contributed by atoms with Crippen molar-refractivity contribution in [3.8, 4) is 0 Å². The van der Waals surface area contributed by atoms with Gasteiger partial charge in [-0.05, 0) is 31.7 Å². The van der Waals surface area contributed by atoms with Gasteiger partial charge < -0.3 is 15.3 Å². The average molecular weight is 346 g/mol. The lowest BCUT2D eigenvalue weighted by atomic mass is 9.93. The lowest BCUT2D eigenvalue weighted by molar-refractivity contribution is -0.139. The predicted octanol–water partition coefficient (Wildman–Crippen LogP) is 2.29. The third kappa shape index (κ3) is 5.05. The maximum Gasteiger partial charge on any atom is 0.225 e. The van der Waals surface area contributed by atoms with Gasteiger partial charge in [0.05, 0.1) is 12.5 Å². The Hall–Kier alpha value is -1.88. The van der Waals surface area contributed by atoms with E-state index >= 15 is 0 Å². The van der Waals surface area contributed by atoms with Gasteiger partial charge in [-0.3, -0.25) is 9.59 Å². The Morgan fingerprint density at radius 3 is 2.68 bits per heavy atom. The van der Waals surface area contributed by atoms with Crippen molar-refractivity contribution in [3.63, 3.8) is 0 Å². The van der Waals surface area contributed by atoms with Crippen molar-refractivity contribution in [3.05, 3.63) is 35.9 Å². The van der Waals surface area contributed by atoms with Crippen LogP contribution in [-0.2, 0) is 15.2 Å². The summed E-state index contributed by atoms with van der Waals surface area (Å²) in [5.41, 5.74) is -0.342. The van der Waals surface area contributed by atoms with Crippen molar-refractivity contribution in [1.82, 2.24) is 10.2 Å². The van der Waals surface area contributed by atoms with Crippen LogP contribution in [0.4, 0.5) is 0 Å². The highest BCUT2D eigenvalue weighted by molar-refractivity contribution is 5.82. The number of carbonyl (C=O) groups excluding carboxylic acids is 2. The molecule has 1 fully saturated rings. The van der Waals surface area contributed by atoms with Crippen molar-refractivity contribution >= 4 is 11.8 Å². The van der Waals surface area contributed by atoms with Crippen molar-refractivity contribution < 1.29 is 14.7 Å². The van der Waals surface area contributed by atoms with E-state index in [1.54, 1.807) is 6.92 Å². The summed E-state index contributed by atoms with van der Waals surface area (Å²) in [6.07, 6.45) is 2.44. The molecule has 1 saturated heterocycles. The highest BCUT2D eigenvalue weighted by Crippen LogP contribution is 2.22. The lowest BCUT2D eigenvalue weighted by Crippen LogP contribution is -2.48. The molecule has 0 saturated carbocycles. The Balaban J connectivity index is 1.91. The predicted molar refractivity (Wildman–Crippen MR) is 97.8 cm³/mol. The smallest absolute Gasteiger partial charge is 0.225 e. The van der Waals surface area contributed by atoms with E-state index in [-0.39, 0.29) is 30.2 Å². The molecule has 25 heavy (non-hydrogen) atoms. The van der Waals surface area contributed by atoms with Crippen LogP contribution in [0.15, 0.2) is 30.3 Å². The normalized spacial score (nSPS) is 21.3. The van der Waals surface area contributed by atoms with Gasteiger partial charge in [0, 0.05) is 19.0 Å². The van der Waals surface area contributed by atoms with E-state index in [9.17, 15) is 14.7 Å². The lowest BCUT2D eigenvalue weighted by Gasteiger charge is -2.34. The molecule has 5 heteroatoms. The van der Waals surface area contributed by atoms with Crippen LogP contribution >= 0.6 is 0 Å². The summed E-state index contributed by atoms with van der Waals surface area (Å²) < 4.78 is 0. The van der Waals surface area contributed by atoms with E-state index in [1.807, 2.05) is 49.1 Å². The van der Waals surface area contributed by atoms with Crippen LogP contribution in [0.2, 0.25) is 0 Å². The van der Waals surface area contributed by atoms with Gasteiger partial charge in [-0.25, -0.2) is 0 Å². The largest absolute Gasteiger partial charge is 0.384 e. The van der Waals surface area contributed by atoms with Crippen LogP contribution in [0.25, 0.3) is 0 Å². The number of benzene rings is 1. The van der Waals surface area contributed by atoms with Gasteiger partial charge in [0.25, 0.3) is 0 Å². The number of hydrogen-bond acceptors (Lipinski definition) is 3. The quantitative estimate of drug-likeness (QED) is 0.830. The third-order valence-electron chi connectivity index (χ3n) is 5.14. The van der Waals surface area contributed by atoms with Crippen LogP contribution in [-0.4, -0.2) is 41.5 Å². The number of carbonyl (C=O) groups is 2. The maximum atomic E-state index is 12.5. The van der Waals surface area contributed by atoms with E-state index in [0.29, 0.717) is 6.54 Å². The Labute approximate surface area is 150 Å². The van der Waals surface area contributed by atoms with Gasteiger partial charge in [0.15, 0.2) is 0 Å². The molecule has 1 aromatic rings. The Morgan fingerprint density at radius 1 is 1.36 bits per heavy atom. The second kappa shape index (κ2) is 8.48. The first-order valence-corrected chi connectivity index (χ1v) is 9.19. The number of piperidine rings is 1. The minimum absolute atomic E-state index is 0.000579. The Bertz CT molecular complexity index is 586. The number of nitrogens with one attached hydrogen (secondary N) is 1. The maximum absolute atomic E-state index is 12.5. The standard InChI is InChI=1S/C20H30N2O3/c1-4-15(2)19(24)22-12-8-9-16(13-22)18(23)21-14-20(3,25)17-10-6-5-7-11-17/h5-7,10-11,15-16,25H,4,8-9,12-14H2,1-3H3,(H,21,23). The molecule has 3 atom stereocenters. The summed E-state index contributed by atoms with van der Waals surface area (Å²) in [5.74, 6) is -0.150. The van der Waals surface area contributed by atoms with Crippen molar-refractivity contribution in [2.24, 2.45) is 11.8 Å². The number of likely N-dealkylation sites (tertiary alicyclic amines) is 1. The van der Waals surface area contributed by atoms with E-state index < -0.39 is 5.60 Å². The molecule has 3 unspecified atom stereocenters. The van der Waals surface area contributed by atoms with Gasteiger partial charge >= 0.3 is 0 Å². The fraction of sp³-hybridized carbons (Fsp3) is 0.600. The topological polar surface area (TPSA) is 69.6 Å². The van der Waals surface area contributed by atoms with Crippen LogP contribution < -0.4 is 5.32 Å². The van der Waals surface area contributed by atoms with Crippen molar-refractivity contribution in [2.75, 3.05) is 19.6 Å². The van der Waals surface area contributed by atoms with Crippen molar-refractivity contribution in [1.29, 1.82) is 0 Å². The molecule has 2 amide bonds. The van der Waals surface area contributed by atoms with Gasteiger partial charge in [-0.15, -0.1) is 0 Å². The van der Waals surface area contributed by atoms with E-state index in [0.717, 1.165) is 31.4 Å². The fourth-order valence-electron chi connectivity index (χ4n) is 3.18. The second-order valence-corrected chi connectivity index (χ2v) is 7.29. The first-order chi connectivity index (χ1) is 11.8. The Morgan fingerprint density at radius 2 is 2.04 bits per heavy atom. The van der Waals surface area contributed by atoms with Crippen LogP contribution in [0.1, 0.15) is 45.6 Å². The Kier molecular flexibility index (Phi) is 6.59. The average Bonchev–Trinajstić information content (AvgIpc) is 2.65. The molecule has 0 radical (unpaired) electrons. The van der Waals surface area contributed by atoms with Gasteiger partial charge in [-0.2, -0.15) is 0 Å². The molecule has 0 spiro atoms. The zero-order valence-corrected chi connectivity index (χ0v) is 15.5. The number of nitrogens with zero attached hydrogens (tertiary/aromatic N) is 1. The van der Waals surface area contributed by atoms with Crippen LogP contribution in [0, 0.1) is 11.8 Å². The van der Waals surface area contributed by atoms with Gasteiger partial charge in [0.2, 0.25) is 11.8 Å². The zero-order valence-electron chi connectivity index (χ0n) is 15.5. The highest BCUT2D eigenvalue weighted by Gasteiger charge is 2.31. The monoisotopic (exact) mass is 346 g/mol. The third-order valence-corrected chi connectivity index (χ3v) is 5.14. The first kappa shape index (κ1) is 19.4. The number of aliphatic hydroxyl groups is 1. The highest BCUT2D eigenvalue weighted by atomic mass is 16.3. The molecule has 1 aliphatic heterocycles. The molecule has 2 rings (SSSR count). The van der Waals surface area contributed by atoms with Crippen LogP contribution in [0.5, 0.6) is 0 Å². The van der Waals surface area contributed by atoms with Crippen molar-refractivity contribution in [2.45, 2.75) is 45.6 Å². The molecule has 0 aliphatic carbocycles. The summed E-state index contributed by atoms with van der Waals surface area (Å²) in [5, 5.41) is 13.5. The molecule has 0 bridgehead atoms. The molecule has 5 nitrogen and oxygen atoms in total. The van der Waals surface area contributed by atoms with Gasteiger partial charge in [-0.1, -0.05) is 44.2 Å². The first-order valence-electron chi connectivity index (χ1n) is 9.19. The van der Waals surface area contributed by atoms with E-state index in [2.05, 4.69) is 5.32 Å². The molecule has 1 heterocycles. The minimum atomic E-state index is -1.11. The van der Waals surface area contributed by atoms with Crippen LogP contribution in [0.3, 0.4) is 0 Å². The summed E-state index contributed by atoms with van der Waals surface area (Å²) in [6, 6.07) is 9.32. The SMILES string of the molecule is CCC(C)C(=O)N1CCCC(C(=O)NCC(C)(O)c2ccccc2)C1. The van der Waals surface area contributed by atoms with E-state index in [4.69, 9.17) is 0 Å². The summed E-state index contributed by atoms with van der Waals surface area (Å²) in [4.78, 5) is 26.7. The van der Waals surface area contributed by atoms with E-state index in [1.165, 1.54) is 0 Å². The number of rotatable bonds is 6. The molecule has 0 aromatic heterocycles. The molecule has 1 aliphatic rings. The number of hydrogen-bond donors (Lipinski definition) is 2. The summed E-state index contributed by atoms with van der Waals surface area (Å²) >= 11 is 0. The molecule has 2 N–H and O–H groups in total. The number of amides is 2. The second-order valence-electron chi connectivity index (χ2n) is 7.29.